The lowest BCUT2D eigenvalue weighted by Gasteiger charge is -2.28. The topological polar surface area (TPSA) is 49.6 Å². The van der Waals surface area contributed by atoms with E-state index in [0.717, 1.165) is 12.2 Å². The smallest absolute Gasteiger partial charge is 0.236 e. The molecule has 0 spiro atoms. The molecule has 18 heavy (non-hydrogen) atoms. The minimum Gasteiger partial charge on any atom is -0.399 e. The number of anilines is 1. The predicted molar refractivity (Wildman–Crippen MR) is 75.2 cm³/mol. The molecule has 1 aromatic rings. The number of hydrogen-bond acceptors (Lipinski definition) is 3. The molecule has 1 amide bonds. The van der Waals surface area contributed by atoms with Crippen molar-refractivity contribution in [3.8, 4) is 0 Å². The highest BCUT2D eigenvalue weighted by molar-refractivity contribution is 5.77. The van der Waals surface area contributed by atoms with Crippen LogP contribution in [0.5, 0.6) is 0 Å². The van der Waals surface area contributed by atoms with Crippen molar-refractivity contribution in [1.82, 2.24) is 9.80 Å². The normalized spacial score (nSPS) is 12.5. The molecule has 1 atom stereocenters. The van der Waals surface area contributed by atoms with Crippen LogP contribution in [0.1, 0.15) is 25.5 Å². The minimum absolute atomic E-state index is 0.124. The van der Waals surface area contributed by atoms with Crippen LogP contribution in [0.25, 0.3) is 0 Å². The van der Waals surface area contributed by atoms with Gasteiger partial charge < -0.3 is 10.6 Å². The van der Waals surface area contributed by atoms with Crippen molar-refractivity contribution < 1.29 is 4.79 Å². The molecule has 2 N–H and O–H groups in total. The molecular weight excluding hydrogens is 226 g/mol. The van der Waals surface area contributed by atoms with Crippen LogP contribution in [0.4, 0.5) is 5.69 Å². The first-order chi connectivity index (χ1) is 8.45. The maximum Gasteiger partial charge on any atom is 0.236 e. The highest BCUT2D eigenvalue weighted by atomic mass is 16.2. The van der Waals surface area contributed by atoms with Gasteiger partial charge in [0, 0.05) is 25.8 Å². The molecule has 0 bridgehead atoms. The van der Waals surface area contributed by atoms with Crippen LogP contribution in [0, 0.1) is 0 Å². The van der Waals surface area contributed by atoms with E-state index in [9.17, 15) is 4.79 Å². The van der Waals surface area contributed by atoms with Crippen molar-refractivity contribution in [1.29, 1.82) is 0 Å². The number of amides is 1. The fraction of sp³-hybridized carbons (Fsp3) is 0.500. The molecule has 1 unspecified atom stereocenters. The lowest BCUT2D eigenvalue weighted by atomic mass is 10.1. The van der Waals surface area contributed by atoms with Gasteiger partial charge in [-0.25, -0.2) is 0 Å². The van der Waals surface area contributed by atoms with Gasteiger partial charge in [0.05, 0.1) is 6.54 Å². The Bertz CT molecular complexity index is 387. The first-order valence-corrected chi connectivity index (χ1v) is 6.25. The molecule has 0 saturated heterocycles. The number of benzene rings is 1. The monoisotopic (exact) mass is 249 g/mol. The van der Waals surface area contributed by atoms with Gasteiger partial charge in [-0.05, 0) is 31.2 Å². The largest absolute Gasteiger partial charge is 0.399 e. The number of nitrogen functional groups attached to an aromatic ring is 1. The Morgan fingerprint density at radius 3 is 2.28 bits per heavy atom. The van der Waals surface area contributed by atoms with Crippen molar-refractivity contribution in [3.63, 3.8) is 0 Å². The number of carbonyl (C=O) groups excluding carboxylic acids is 1. The first kappa shape index (κ1) is 14.5. The highest BCUT2D eigenvalue weighted by Crippen LogP contribution is 2.20. The first-order valence-electron chi connectivity index (χ1n) is 6.25. The minimum atomic E-state index is 0.124. The van der Waals surface area contributed by atoms with Gasteiger partial charge in [0.25, 0.3) is 0 Å². The molecule has 0 aliphatic carbocycles. The summed E-state index contributed by atoms with van der Waals surface area (Å²) in [6.45, 7) is 5.45. The molecule has 0 radical (unpaired) electrons. The molecule has 1 rings (SSSR count). The van der Waals surface area contributed by atoms with Crippen LogP contribution in [0.2, 0.25) is 0 Å². The number of nitrogens with two attached hydrogens (primary N) is 1. The molecule has 0 fully saturated rings. The molecular formula is C14H23N3O. The summed E-state index contributed by atoms with van der Waals surface area (Å²) in [6.07, 6.45) is 0. The number of carbonyl (C=O) groups is 1. The molecule has 100 valence electrons. The molecule has 1 aromatic carbocycles. The number of hydrogen-bond donors (Lipinski definition) is 1. The van der Waals surface area contributed by atoms with E-state index in [2.05, 4.69) is 18.7 Å². The third-order valence-corrected chi connectivity index (χ3v) is 3.21. The van der Waals surface area contributed by atoms with E-state index in [1.165, 1.54) is 5.56 Å². The fourth-order valence-corrected chi connectivity index (χ4v) is 1.82. The van der Waals surface area contributed by atoms with Gasteiger partial charge in [-0.3, -0.25) is 9.69 Å². The van der Waals surface area contributed by atoms with Gasteiger partial charge in [-0.1, -0.05) is 19.1 Å². The fourth-order valence-electron chi connectivity index (χ4n) is 1.82. The summed E-state index contributed by atoms with van der Waals surface area (Å²) in [5.74, 6) is 0.124. The van der Waals surface area contributed by atoms with Crippen molar-refractivity contribution >= 4 is 11.6 Å². The van der Waals surface area contributed by atoms with Crippen LogP contribution in [-0.2, 0) is 4.79 Å². The third-order valence-electron chi connectivity index (χ3n) is 3.21. The van der Waals surface area contributed by atoms with Gasteiger partial charge in [-0.15, -0.1) is 0 Å². The van der Waals surface area contributed by atoms with Crippen LogP contribution in [-0.4, -0.2) is 42.9 Å². The molecule has 0 heterocycles. The Balaban J connectivity index is 2.75. The van der Waals surface area contributed by atoms with E-state index in [1.54, 1.807) is 19.0 Å². The average molecular weight is 249 g/mol. The molecule has 0 aromatic heterocycles. The van der Waals surface area contributed by atoms with E-state index in [4.69, 9.17) is 5.73 Å². The number of rotatable bonds is 5. The number of nitrogens with zero attached hydrogens (tertiary/aromatic N) is 2. The van der Waals surface area contributed by atoms with E-state index in [0.29, 0.717) is 6.54 Å². The van der Waals surface area contributed by atoms with E-state index in [1.807, 2.05) is 24.3 Å². The summed E-state index contributed by atoms with van der Waals surface area (Å²) in [5, 5.41) is 0. The van der Waals surface area contributed by atoms with Crippen LogP contribution < -0.4 is 5.73 Å². The molecule has 0 aliphatic rings. The Morgan fingerprint density at radius 2 is 1.83 bits per heavy atom. The zero-order chi connectivity index (χ0) is 13.7. The second-order valence-corrected chi connectivity index (χ2v) is 4.69. The standard InChI is InChI=1S/C14H23N3O/c1-5-17(10-14(18)16(3)4)11(2)12-6-8-13(15)9-7-12/h6-9,11H,5,10,15H2,1-4H3. The summed E-state index contributed by atoms with van der Waals surface area (Å²) in [4.78, 5) is 15.5. The molecule has 4 nitrogen and oxygen atoms in total. The van der Waals surface area contributed by atoms with E-state index < -0.39 is 0 Å². The highest BCUT2D eigenvalue weighted by Gasteiger charge is 2.17. The van der Waals surface area contributed by atoms with Gasteiger partial charge in [-0.2, -0.15) is 0 Å². The summed E-state index contributed by atoms with van der Waals surface area (Å²) in [7, 11) is 3.56. The third kappa shape index (κ3) is 3.74. The van der Waals surface area contributed by atoms with E-state index in [-0.39, 0.29) is 11.9 Å². The quantitative estimate of drug-likeness (QED) is 0.809. The summed E-state index contributed by atoms with van der Waals surface area (Å²) < 4.78 is 0. The summed E-state index contributed by atoms with van der Waals surface area (Å²) in [6, 6.07) is 8.03. The Labute approximate surface area is 109 Å². The average Bonchev–Trinajstić information content (AvgIpc) is 2.35. The second-order valence-electron chi connectivity index (χ2n) is 4.69. The lowest BCUT2D eigenvalue weighted by molar-refractivity contribution is -0.130. The maximum absolute atomic E-state index is 11.8. The van der Waals surface area contributed by atoms with Gasteiger partial charge in [0.15, 0.2) is 0 Å². The van der Waals surface area contributed by atoms with Gasteiger partial charge in [0.1, 0.15) is 0 Å². The van der Waals surface area contributed by atoms with Crippen molar-refractivity contribution in [3.05, 3.63) is 29.8 Å². The number of likely N-dealkylation sites (N-methyl/N-ethyl adjacent to an activating group) is 2. The van der Waals surface area contributed by atoms with Crippen LogP contribution in [0.15, 0.2) is 24.3 Å². The van der Waals surface area contributed by atoms with Gasteiger partial charge in [0.2, 0.25) is 5.91 Å². The summed E-state index contributed by atoms with van der Waals surface area (Å²) >= 11 is 0. The van der Waals surface area contributed by atoms with Crippen molar-refractivity contribution in [2.24, 2.45) is 0 Å². The Hall–Kier alpha value is -1.55. The molecule has 4 heteroatoms. The molecule has 0 saturated carbocycles. The Morgan fingerprint density at radius 1 is 1.28 bits per heavy atom. The van der Waals surface area contributed by atoms with Crippen molar-refractivity contribution in [2.75, 3.05) is 32.9 Å². The zero-order valence-corrected chi connectivity index (χ0v) is 11.7. The second kappa shape index (κ2) is 6.40. The van der Waals surface area contributed by atoms with Gasteiger partial charge >= 0.3 is 0 Å². The predicted octanol–water partition coefficient (Wildman–Crippen LogP) is 1.74. The van der Waals surface area contributed by atoms with Crippen LogP contribution in [0.3, 0.4) is 0 Å². The Kier molecular flexibility index (Phi) is 5.16. The maximum atomic E-state index is 11.8. The van der Waals surface area contributed by atoms with Crippen molar-refractivity contribution in [2.45, 2.75) is 19.9 Å². The molecule has 0 aliphatic heterocycles. The summed E-state index contributed by atoms with van der Waals surface area (Å²) in [5.41, 5.74) is 7.62. The van der Waals surface area contributed by atoms with Crippen LogP contribution >= 0.6 is 0 Å². The SMILES string of the molecule is CCN(CC(=O)N(C)C)C(C)c1ccc(N)cc1. The zero-order valence-electron chi connectivity index (χ0n) is 11.7. The lowest BCUT2D eigenvalue weighted by Crippen LogP contribution is -2.37. The van der Waals surface area contributed by atoms with E-state index >= 15 is 0 Å².